The van der Waals surface area contributed by atoms with Crippen LogP contribution in [0.25, 0.3) is 6.08 Å². The van der Waals surface area contributed by atoms with E-state index in [0.29, 0.717) is 29.7 Å². The van der Waals surface area contributed by atoms with E-state index in [4.69, 9.17) is 21.1 Å². The highest BCUT2D eigenvalue weighted by atomic mass is 35.5. The van der Waals surface area contributed by atoms with E-state index in [9.17, 15) is 4.79 Å². The van der Waals surface area contributed by atoms with Crippen molar-refractivity contribution in [3.63, 3.8) is 0 Å². The summed E-state index contributed by atoms with van der Waals surface area (Å²) in [6.07, 6.45) is 4.79. The minimum atomic E-state index is -0.218. The first-order valence-electron chi connectivity index (χ1n) is 7.50. The van der Waals surface area contributed by atoms with Crippen LogP contribution < -0.4 is 14.8 Å². The van der Waals surface area contributed by atoms with Gasteiger partial charge in [0, 0.05) is 12.3 Å². The Bertz CT molecular complexity index is 718. The van der Waals surface area contributed by atoms with Crippen LogP contribution in [0.15, 0.2) is 42.6 Å². The summed E-state index contributed by atoms with van der Waals surface area (Å²) in [4.78, 5) is 16.0. The Labute approximate surface area is 146 Å². The second-order valence-electron chi connectivity index (χ2n) is 4.84. The Morgan fingerprint density at radius 1 is 1.38 bits per heavy atom. The number of rotatable bonds is 7. The number of ether oxygens (including phenoxy) is 2. The van der Waals surface area contributed by atoms with Crippen molar-refractivity contribution in [2.45, 2.75) is 13.5 Å². The van der Waals surface area contributed by atoms with Crippen molar-refractivity contribution in [2.75, 3.05) is 13.7 Å². The number of hydrogen-bond donors (Lipinski definition) is 1. The molecule has 0 radical (unpaired) electrons. The summed E-state index contributed by atoms with van der Waals surface area (Å²) in [5.41, 5.74) is 1.54. The van der Waals surface area contributed by atoms with Crippen LogP contribution in [0, 0.1) is 0 Å². The van der Waals surface area contributed by atoms with E-state index >= 15 is 0 Å². The maximum atomic E-state index is 11.9. The summed E-state index contributed by atoms with van der Waals surface area (Å²) in [5.74, 6) is 0.806. The topological polar surface area (TPSA) is 60.5 Å². The highest BCUT2D eigenvalue weighted by Crippen LogP contribution is 2.36. The molecule has 2 rings (SSSR count). The van der Waals surface area contributed by atoms with E-state index < -0.39 is 0 Å². The number of methoxy groups -OCH3 is 1. The summed E-state index contributed by atoms with van der Waals surface area (Å²) in [6.45, 7) is 2.73. The van der Waals surface area contributed by atoms with Crippen LogP contribution in [0.5, 0.6) is 11.5 Å². The molecule has 24 heavy (non-hydrogen) atoms. The highest BCUT2D eigenvalue weighted by molar-refractivity contribution is 6.32. The van der Waals surface area contributed by atoms with E-state index in [-0.39, 0.29) is 5.91 Å². The third-order valence-electron chi connectivity index (χ3n) is 3.14. The molecule has 0 fully saturated rings. The molecule has 0 unspecified atom stereocenters. The maximum absolute atomic E-state index is 11.9. The number of hydrogen-bond acceptors (Lipinski definition) is 4. The van der Waals surface area contributed by atoms with Gasteiger partial charge in [0.05, 0.1) is 31.0 Å². The monoisotopic (exact) mass is 346 g/mol. The number of nitrogens with one attached hydrogen (secondary N) is 1. The molecule has 0 aliphatic carbocycles. The Hall–Kier alpha value is -2.53. The molecule has 1 N–H and O–H groups in total. The second-order valence-corrected chi connectivity index (χ2v) is 5.25. The Balaban J connectivity index is 2.02. The molecule has 0 saturated carbocycles. The maximum Gasteiger partial charge on any atom is 0.244 e. The SMILES string of the molecule is CCOc1c(Cl)cc(/C=C/C(=O)NCc2ccccn2)cc1OC. The van der Waals surface area contributed by atoms with Gasteiger partial charge in [0.25, 0.3) is 0 Å². The first kappa shape index (κ1) is 17.8. The molecule has 0 spiro atoms. The fourth-order valence-electron chi connectivity index (χ4n) is 2.03. The largest absolute Gasteiger partial charge is 0.493 e. The molecule has 126 valence electrons. The van der Waals surface area contributed by atoms with Crippen LogP contribution in [0.3, 0.4) is 0 Å². The number of aromatic nitrogens is 1. The summed E-state index contributed by atoms with van der Waals surface area (Å²) in [6, 6.07) is 9.03. The molecular formula is C18H19ClN2O3. The van der Waals surface area contributed by atoms with Crippen LogP contribution in [0.1, 0.15) is 18.2 Å². The number of carbonyl (C=O) groups excluding carboxylic acids is 1. The van der Waals surface area contributed by atoms with Crippen molar-refractivity contribution in [3.05, 3.63) is 58.9 Å². The van der Waals surface area contributed by atoms with Gasteiger partial charge in [0.2, 0.25) is 5.91 Å². The Kier molecular flexibility index (Phi) is 6.63. The van der Waals surface area contributed by atoms with Crippen molar-refractivity contribution in [3.8, 4) is 11.5 Å². The molecule has 0 bridgehead atoms. The van der Waals surface area contributed by atoms with Crippen molar-refractivity contribution < 1.29 is 14.3 Å². The number of amides is 1. The zero-order valence-electron chi connectivity index (χ0n) is 13.6. The minimum Gasteiger partial charge on any atom is -0.493 e. The van der Waals surface area contributed by atoms with Crippen LogP contribution in [0.4, 0.5) is 0 Å². The summed E-state index contributed by atoms with van der Waals surface area (Å²) in [5, 5.41) is 3.20. The molecule has 2 aromatic rings. The lowest BCUT2D eigenvalue weighted by atomic mass is 10.2. The van der Waals surface area contributed by atoms with Crippen LogP contribution in [0.2, 0.25) is 5.02 Å². The standard InChI is InChI=1S/C18H19ClN2O3/c1-3-24-18-15(19)10-13(11-16(18)23-2)7-8-17(22)21-12-14-6-4-5-9-20-14/h4-11H,3,12H2,1-2H3,(H,21,22)/b8-7+. The molecule has 1 amide bonds. The van der Waals surface area contributed by atoms with Crippen molar-refractivity contribution in [2.24, 2.45) is 0 Å². The van der Waals surface area contributed by atoms with Crippen LogP contribution >= 0.6 is 11.6 Å². The number of halogens is 1. The van der Waals surface area contributed by atoms with Crippen molar-refractivity contribution in [1.29, 1.82) is 0 Å². The molecule has 6 heteroatoms. The number of carbonyl (C=O) groups is 1. The molecule has 1 aromatic carbocycles. The molecule has 1 aromatic heterocycles. The molecular weight excluding hydrogens is 328 g/mol. The normalized spacial score (nSPS) is 10.6. The first-order valence-corrected chi connectivity index (χ1v) is 7.88. The van der Waals surface area contributed by atoms with Gasteiger partial charge in [0.1, 0.15) is 0 Å². The van der Waals surface area contributed by atoms with E-state index in [0.717, 1.165) is 11.3 Å². The average molecular weight is 347 g/mol. The fourth-order valence-corrected chi connectivity index (χ4v) is 2.31. The summed E-state index contributed by atoms with van der Waals surface area (Å²) < 4.78 is 10.7. The summed E-state index contributed by atoms with van der Waals surface area (Å²) >= 11 is 6.20. The second kappa shape index (κ2) is 8.93. The number of pyridine rings is 1. The van der Waals surface area contributed by atoms with Crippen LogP contribution in [-0.2, 0) is 11.3 Å². The third kappa shape index (κ3) is 4.99. The van der Waals surface area contributed by atoms with E-state index in [1.54, 1.807) is 31.5 Å². The number of benzene rings is 1. The van der Waals surface area contributed by atoms with Gasteiger partial charge in [-0.3, -0.25) is 9.78 Å². The highest BCUT2D eigenvalue weighted by Gasteiger charge is 2.10. The predicted octanol–water partition coefficient (Wildman–Crippen LogP) is 3.47. The summed E-state index contributed by atoms with van der Waals surface area (Å²) in [7, 11) is 1.54. The zero-order chi connectivity index (χ0) is 17.4. The zero-order valence-corrected chi connectivity index (χ0v) is 14.3. The minimum absolute atomic E-state index is 0.218. The Morgan fingerprint density at radius 3 is 2.88 bits per heavy atom. The quantitative estimate of drug-likeness (QED) is 0.780. The average Bonchev–Trinajstić information content (AvgIpc) is 2.61. The van der Waals surface area contributed by atoms with Gasteiger partial charge in [-0.1, -0.05) is 17.7 Å². The first-order chi connectivity index (χ1) is 11.6. The lowest BCUT2D eigenvalue weighted by Gasteiger charge is -2.11. The van der Waals surface area contributed by atoms with E-state index in [2.05, 4.69) is 10.3 Å². The molecule has 0 aliphatic heterocycles. The van der Waals surface area contributed by atoms with Gasteiger partial charge >= 0.3 is 0 Å². The van der Waals surface area contributed by atoms with Gasteiger partial charge in [0.15, 0.2) is 11.5 Å². The number of nitrogens with zero attached hydrogens (tertiary/aromatic N) is 1. The predicted molar refractivity (Wildman–Crippen MR) is 94.3 cm³/mol. The lowest BCUT2D eigenvalue weighted by molar-refractivity contribution is -0.116. The molecule has 5 nitrogen and oxygen atoms in total. The fraction of sp³-hybridized carbons (Fsp3) is 0.222. The van der Waals surface area contributed by atoms with E-state index in [1.807, 2.05) is 25.1 Å². The van der Waals surface area contributed by atoms with E-state index in [1.165, 1.54) is 6.08 Å². The molecule has 1 heterocycles. The third-order valence-corrected chi connectivity index (χ3v) is 3.42. The van der Waals surface area contributed by atoms with Gasteiger partial charge < -0.3 is 14.8 Å². The molecule has 0 saturated heterocycles. The Morgan fingerprint density at radius 2 is 2.21 bits per heavy atom. The van der Waals surface area contributed by atoms with Crippen molar-refractivity contribution in [1.82, 2.24) is 10.3 Å². The van der Waals surface area contributed by atoms with Crippen LogP contribution in [-0.4, -0.2) is 24.6 Å². The van der Waals surface area contributed by atoms with Gasteiger partial charge in [-0.2, -0.15) is 0 Å². The molecule has 0 atom stereocenters. The van der Waals surface area contributed by atoms with Gasteiger partial charge in [-0.15, -0.1) is 0 Å². The lowest BCUT2D eigenvalue weighted by Crippen LogP contribution is -2.20. The smallest absolute Gasteiger partial charge is 0.244 e. The van der Waals surface area contributed by atoms with Gasteiger partial charge in [-0.25, -0.2) is 0 Å². The van der Waals surface area contributed by atoms with Gasteiger partial charge in [-0.05, 0) is 42.8 Å². The van der Waals surface area contributed by atoms with Crippen molar-refractivity contribution >= 4 is 23.6 Å². The molecule has 0 aliphatic rings.